The third kappa shape index (κ3) is 1.70. The van der Waals surface area contributed by atoms with Gasteiger partial charge in [0.05, 0.1) is 5.39 Å². The highest BCUT2D eigenvalue weighted by atomic mass is 19.4. The first-order chi connectivity index (χ1) is 9.40. The number of rotatable bonds is 0. The van der Waals surface area contributed by atoms with E-state index in [0.29, 0.717) is 0 Å². The van der Waals surface area contributed by atoms with Crippen molar-refractivity contribution in [2.24, 2.45) is 0 Å². The number of H-pyrrole nitrogens is 1. The minimum Gasteiger partial charge on any atom is -0.306 e. The summed E-state index contributed by atoms with van der Waals surface area (Å²) in [5.41, 5.74) is -1.91. The topological polar surface area (TPSA) is 86.8 Å². The summed E-state index contributed by atoms with van der Waals surface area (Å²) < 4.78 is 39.0. The number of fused-ring (bicyclic) bond motifs is 3. The Bertz CT molecular complexity index is 931. The number of hydrogen-bond donors (Lipinski definition) is 1. The number of pyridine rings is 1. The zero-order valence-corrected chi connectivity index (χ0v) is 9.56. The molecule has 3 heterocycles. The summed E-state index contributed by atoms with van der Waals surface area (Å²) in [5.74, 6) is 0. The number of nitrogens with one attached hydrogen (secondary N) is 1. The van der Waals surface area contributed by atoms with Crippen molar-refractivity contribution in [3.63, 3.8) is 0 Å². The van der Waals surface area contributed by atoms with Crippen molar-refractivity contribution >= 4 is 16.7 Å². The Morgan fingerprint density at radius 3 is 2.75 bits per heavy atom. The third-order valence-electron chi connectivity index (χ3n) is 2.68. The predicted molar refractivity (Wildman–Crippen MR) is 60.8 cm³/mol. The van der Waals surface area contributed by atoms with Gasteiger partial charge in [0, 0.05) is 6.07 Å². The molecule has 0 aliphatic rings. The van der Waals surface area contributed by atoms with Crippen LogP contribution in [0.4, 0.5) is 13.2 Å². The van der Waals surface area contributed by atoms with Gasteiger partial charge in [0.15, 0.2) is 11.3 Å². The van der Waals surface area contributed by atoms with Crippen molar-refractivity contribution in [3.8, 4) is 6.07 Å². The van der Waals surface area contributed by atoms with Crippen LogP contribution in [0.25, 0.3) is 16.7 Å². The number of nitrogens with zero attached hydrogens (tertiary/aromatic N) is 4. The van der Waals surface area contributed by atoms with Crippen molar-refractivity contribution in [1.29, 1.82) is 5.26 Å². The fraction of sp³-hybridized carbons (Fsp3) is 0.0909. The van der Waals surface area contributed by atoms with E-state index in [1.54, 1.807) is 6.07 Å². The maximum atomic E-state index is 12.7. The molecule has 0 unspecified atom stereocenters. The largest absolute Gasteiger partial charge is 0.433 e. The highest BCUT2D eigenvalue weighted by Crippen LogP contribution is 2.28. The summed E-state index contributed by atoms with van der Waals surface area (Å²) in [7, 11) is 0. The molecule has 20 heavy (non-hydrogen) atoms. The van der Waals surface area contributed by atoms with Crippen LogP contribution in [0.5, 0.6) is 0 Å². The van der Waals surface area contributed by atoms with E-state index < -0.39 is 17.4 Å². The fourth-order valence-electron chi connectivity index (χ4n) is 1.81. The lowest BCUT2D eigenvalue weighted by atomic mass is 10.3. The smallest absolute Gasteiger partial charge is 0.306 e. The van der Waals surface area contributed by atoms with Crippen molar-refractivity contribution < 1.29 is 13.2 Å². The van der Waals surface area contributed by atoms with Crippen LogP contribution >= 0.6 is 0 Å². The molecule has 0 saturated carbocycles. The van der Waals surface area contributed by atoms with Gasteiger partial charge in [0.25, 0.3) is 5.56 Å². The molecule has 0 aliphatic heterocycles. The first kappa shape index (κ1) is 12.2. The minimum absolute atomic E-state index is 0.0349. The highest BCUT2D eigenvalue weighted by Gasteiger charge is 2.33. The third-order valence-corrected chi connectivity index (χ3v) is 2.68. The second-order valence-electron chi connectivity index (χ2n) is 3.96. The Labute approximate surface area is 108 Å². The molecule has 6 nitrogen and oxygen atoms in total. The Kier molecular flexibility index (Phi) is 2.31. The minimum atomic E-state index is -4.63. The van der Waals surface area contributed by atoms with Crippen LogP contribution in [0.1, 0.15) is 11.4 Å². The van der Waals surface area contributed by atoms with E-state index in [0.717, 1.165) is 16.6 Å². The monoisotopic (exact) mass is 279 g/mol. The van der Waals surface area contributed by atoms with Gasteiger partial charge in [-0.05, 0) is 12.1 Å². The van der Waals surface area contributed by atoms with E-state index in [1.165, 1.54) is 6.07 Å². The SMILES string of the molecule is N#Cc1cc2[nH]c(=O)c3ccc(C(F)(F)F)nc3n2n1. The summed E-state index contributed by atoms with van der Waals surface area (Å²) in [5, 5.41) is 12.5. The first-order valence-corrected chi connectivity index (χ1v) is 5.30. The quantitative estimate of drug-likeness (QED) is 0.675. The number of hydrogen-bond acceptors (Lipinski definition) is 4. The Balaban J connectivity index is 2.48. The number of halogens is 3. The molecule has 3 rings (SSSR count). The van der Waals surface area contributed by atoms with Gasteiger partial charge in [0.1, 0.15) is 17.4 Å². The molecule has 0 spiro atoms. The van der Waals surface area contributed by atoms with E-state index in [4.69, 9.17) is 5.26 Å². The van der Waals surface area contributed by atoms with E-state index in [-0.39, 0.29) is 22.4 Å². The van der Waals surface area contributed by atoms with Crippen LogP contribution in [0, 0.1) is 11.3 Å². The second-order valence-corrected chi connectivity index (χ2v) is 3.96. The molecule has 0 bridgehead atoms. The molecule has 0 amide bonds. The molecule has 1 N–H and O–H groups in total. The lowest BCUT2D eigenvalue weighted by Crippen LogP contribution is -2.14. The van der Waals surface area contributed by atoms with E-state index in [2.05, 4.69) is 15.1 Å². The molecule has 100 valence electrons. The van der Waals surface area contributed by atoms with Crippen molar-refractivity contribution in [2.45, 2.75) is 6.18 Å². The van der Waals surface area contributed by atoms with Gasteiger partial charge >= 0.3 is 6.18 Å². The molecule has 0 atom stereocenters. The Morgan fingerprint density at radius 2 is 2.10 bits per heavy atom. The number of aromatic amines is 1. The normalized spacial score (nSPS) is 11.9. The maximum absolute atomic E-state index is 12.7. The van der Waals surface area contributed by atoms with Crippen molar-refractivity contribution in [1.82, 2.24) is 19.6 Å². The number of aromatic nitrogens is 4. The second kappa shape index (κ2) is 3.80. The van der Waals surface area contributed by atoms with Crippen molar-refractivity contribution in [3.05, 3.63) is 39.9 Å². The van der Waals surface area contributed by atoms with Crippen LogP contribution in [-0.2, 0) is 6.18 Å². The highest BCUT2D eigenvalue weighted by molar-refractivity contribution is 5.76. The molecule has 0 aromatic carbocycles. The van der Waals surface area contributed by atoms with Gasteiger partial charge in [-0.15, -0.1) is 0 Å². The lowest BCUT2D eigenvalue weighted by Gasteiger charge is -2.06. The van der Waals surface area contributed by atoms with E-state index in [1.807, 2.05) is 0 Å². The van der Waals surface area contributed by atoms with Gasteiger partial charge < -0.3 is 4.98 Å². The average Bonchev–Trinajstić information content (AvgIpc) is 2.80. The first-order valence-electron chi connectivity index (χ1n) is 5.30. The average molecular weight is 279 g/mol. The van der Waals surface area contributed by atoms with Gasteiger partial charge in [0.2, 0.25) is 0 Å². The summed E-state index contributed by atoms with van der Waals surface area (Å²) in [6.45, 7) is 0. The molecule has 3 aromatic rings. The zero-order valence-electron chi connectivity index (χ0n) is 9.56. The molecule has 0 saturated heterocycles. The summed E-state index contributed by atoms with van der Waals surface area (Å²) in [6.07, 6.45) is -4.63. The molecular formula is C11H4F3N5O. The molecular weight excluding hydrogens is 275 g/mol. The Hall–Kier alpha value is -2.89. The molecule has 9 heteroatoms. The van der Waals surface area contributed by atoms with Crippen molar-refractivity contribution in [2.75, 3.05) is 0 Å². The zero-order chi connectivity index (χ0) is 14.5. The molecule has 0 radical (unpaired) electrons. The van der Waals surface area contributed by atoms with Gasteiger partial charge in [-0.25, -0.2) is 4.98 Å². The van der Waals surface area contributed by atoms with Crippen LogP contribution in [0.3, 0.4) is 0 Å². The standard InChI is InChI=1S/C11H4F3N5O/c12-11(13,14)7-2-1-6-9(16-7)19-8(17-10(6)20)3-5(4-15)18-19/h1-3H,(H,17,20). The maximum Gasteiger partial charge on any atom is 0.433 e. The predicted octanol–water partition coefficient (Wildman–Crippen LogP) is 1.46. The van der Waals surface area contributed by atoms with Gasteiger partial charge in [-0.3, -0.25) is 4.79 Å². The molecule has 0 aliphatic carbocycles. The summed E-state index contributed by atoms with van der Waals surface area (Å²) in [4.78, 5) is 17.6. The van der Waals surface area contributed by atoms with Crippen LogP contribution in [0.2, 0.25) is 0 Å². The molecule has 0 fully saturated rings. The summed E-state index contributed by atoms with van der Waals surface area (Å²) >= 11 is 0. The lowest BCUT2D eigenvalue weighted by molar-refractivity contribution is -0.141. The van der Waals surface area contributed by atoms with Gasteiger partial charge in [-0.1, -0.05) is 0 Å². The number of alkyl halides is 3. The summed E-state index contributed by atoms with van der Waals surface area (Å²) in [6, 6.07) is 4.74. The Morgan fingerprint density at radius 1 is 1.35 bits per heavy atom. The number of nitriles is 1. The van der Waals surface area contributed by atoms with Crippen LogP contribution in [-0.4, -0.2) is 19.6 Å². The van der Waals surface area contributed by atoms with Crippen LogP contribution < -0.4 is 5.56 Å². The fourth-order valence-corrected chi connectivity index (χ4v) is 1.81. The molecule has 3 aromatic heterocycles. The van der Waals surface area contributed by atoms with E-state index >= 15 is 0 Å². The van der Waals surface area contributed by atoms with Gasteiger partial charge in [-0.2, -0.15) is 28.0 Å². The van der Waals surface area contributed by atoms with E-state index in [9.17, 15) is 18.0 Å². The van der Waals surface area contributed by atoms with Crippen LogP contribution in [0.15, 0.2) is 23.0 Å².